The molecule has 0 fully saturated rings. The van der Waals surface area contributed by atoms with Crippen molar-refractivity contribution in [2.45, 2.75) is 11.3 Å². The first kappa shape index (κ1) is 17.7. The summed E-state index contributed by atoms with van der Waals surface area (Å²) in [5.41, 5.74) is 0.986. The molecule has 3 aromatic heterocycles. The molecule has 1 amide bonds. The van der Waals surface area contributed by atoms with Crippen LogP contribution in [0.2, 0.25) is 0 Å². The highest BCUT2D eigenvalue weighted by atomic mass is 32.2. The van der Waals surface area contributed by atoms with Crippen molar-refractivity contribution in [1.29, 1.82) is 0 Å². The molecule has 0 spiro atoms. The lowest BCUT2D eigenvalue weighted by molar-refractivity contribution is 0.0991. The number of carbonyl (C=O) groups excluding carboxylic acids is 1. The number of anilines is 1. The average molecular weight is 417 g/mol. The second kappa shape index (κ2) is 7.92. The molecular weight excluding hydrogens is 400 g/mol. The van der Waals surface area contributed by atoms with E-state index in [2.05, 4.69) is 29.8 Å². The largest absolute Gasteiger partial charge is 0.283 e. The van der Waals surface area contributed by atoms with Crippen LogP contribution in [0.15, 0.2) is 58.1 Å². The Kier molecular flexibility index (Phi) is 5.40. The van der Waals surface area contributed by atoms with Gasteiger partial charge in [0.15, 0.2) is 5.13 Å². The normalized spacial score (nSPS) is 11.1. The molecule has 0 unspecified atom stereocenters. The number of para-hydroxylation sites is 1. The third-order valence-corrected chi connectivity index (χ3v) is 7.57. The molecule has 1 aromatic carbocycles. The summed E-state index contributed by atoms with van der Waals surface area (Å²) in [6.07, 6.45) is 2.89. The first-order chi connectivity index (χ1) is 12.8. The Balaban J connectivity index is 1.70. The molecule has 0 atom stereocenters. The minimum Gasteiger partial charge on any atom is -0.283 e. The average Bonchev–Trinajstić information content (AvgIpc) is 3.41. The summed E-state index contributed by atoms with van der Waals surface area (Å²) in [5, 5.41) is 4.79. The van der Waals surface area contributed by atoms with Crippen molar-refractivity contribution in [3.05, 3.63) is 63.0 Å². The molecule has 0 aliphatic heterocycles. The number of rotatable bonds is 6. The Hall–Kier alpha value is -1.67. The van der Waals surface area contributed by atoms with E-state index in [1.807, 2.05) is 34.5 Å². The standard InChI is InChI=1S/C19H16N2OS4/c1-23-14-6-2-7-15-17(14)20-19(26-15)21(10-9-13-5-3-11-24-13)18(22)16-8-4-12-25-16/h2-8,11-12H,9-10H2,1H3. The minimum atomic E-state index is 0.0290. The fourth-order valence-corrected chi connectivity index (χ4v) is 5.70. The Morgan fingerprint density at radius 2 is 1.96 bits per heavy atom. The SMILES string of the molecule is CSc1cccc2sc(N(CCc3cccs3)C(=O)c3cccs3)nc12. The number of thiophene rings is 2. The zero-order valence-corrected chi connectivity index (χ0v) is 17.3. The van der Waals surface area contributed by atoms with Crippen LogP contribution in [0, 0.1) is 0 Å². The summed E-state index contributed by atoms with van der Waals surface area (Å²) < 4.78 is 1.12. The first-order valence-electron chi connectivity index (χ1n) is 8.07. The molecule has 0 N–H and O–H groups in total. The van der Waals surface area contributed by atoms with E-state index in [0.717, 1.165) is 31.5 Å². The third-order valence-electron chi connectivity index (χ3n) is 3.96. The number of carbonyl (C=O) groups is 1. The number of amides is 1. The first-order valence-corrected chi connectivity index (χ1v) is 11.9. The number of hydrogen-bond donors (Lipinski definition) is 0. The van der Waals surface area contributed by atoms with Gasteiger partial charge in [0.2, 0.25) is 0 Å². The fraction of sp³-hybridized carbons (Fsp3) is 0.158. The van der Waals surface area contributed by atoms with Crippen LogP contribution in [0.1, 0.15) is 14.5 Å². The van der Waals surface area contributed by atoms with Crippen LogP contribution in [-0.4, -0.2) is 23.7 Å². The molecule has 4 rings (SSSR count). The zero-order chi connectivity index (χ0) is 17.9. The molecule has 7 heteroatoms. The van der Waals surface area contributed by atoms with Gasteiger partial charge in [0.1, 0.15) is 0 Å². The van der Waals surface area contributed by atoms with Gasteiger partial charge in [-0.05, 0) is 47.7 Å². The Morgan fingerprint density at radius 3 is 2.69 bits per heavy atom. The lowest BCUT2D eigenvalue weighted by Gasteiger charge is -2.18. The van der Waals surface area contributed by atoms with Gasteiger partial charge >= 0.3 is 0 Å². The second-order valence-corrected chi connectivity index (χ2v) is 9.40. The molecule has 26 heavy (non-hydrogen) atoms. The van der Waals surface area contributed by atoms with Gasteiger partial charge in [-0.25, -0.2) is 4.98 Å². The van der Waals surface area contributed by atoms with E-state index >= 15 is 0 Å². The van der Waals surface area contributed by atoms with E-state index in [-0.39, 0.29) is 5.91 Å². The summed E-state index contributed by atoms with van der Waals surface area (Å²) in [6, 6.07) is 14.2. The molecule has 0 saturated heterocycles. The Bertz CT molecular complexity index is 1010. The van der Waals surface area contributed by atoms with E-state index < -0.39 is 0 Å². The van der Waals surface area contributed by atoms with Crippen molar-refractivity contribution in [3.8, 4) is 0 Å². The topological polar surface area (TPSA) is 33.2 Å². The maximum atomic E-state index is 13.1. The lowest BCUT2D eigenvalue weighted by atomic mass is 10.3. The maximum absolute atomic E-state index is 13.1. The van der Waals surface area contributed by atoms with Crippen molar-refractivity contribution in [1.82, 2.24) is 4.98 Å². The number of thiazole rings is 1. The minimum absolute atomic E-state index is 0.0290. The van der Waals surface area contributed by atoms with Crippen molar-refractivity contribution in [2.24, 2.45) is 0 Å². The highest BCUT2D eigenvalue weighted by Gasteiger charge is 2.22. The van der Waals surface area contributed by atoms with Gasteiger partial charge in [-0.15, -0.1) is 34.4 Å². The van der Waals surface area contributed by atoms with Crippen LogP contribution >= 0.6 is 45.8 Å². The molecule has 0 radical (unpaired) electrons. The molecular formula is C19H16N2OS4. The predicted molar refractivity (Wildman–Crippen MR) is 115 cm³/mol. The molecule has 0 aliphatic rings. The van der Waals surface area contributed by atoms with Crippen molar-refractivity contribution in [3.63, 3.8) is 0 Å². The molecule has 3 heterocycles. The molecule has 0 aliphatic carbocycles. The Labute approximate surface area is 168 Å². The monoisotopic (exact) mass is 416 g/mol. The molecule has 0 bridgehead atoms. The molecule has 0 saturated carbocycles. The smallest absolute Gasteiger partial charge is 0.270 e. The van der Waals surface area contributed by atoms with E-state index in [1.54, 1.807) is 34.4 Å². The van der Waals surface area contributed by atoms with Crippen molar-refractivity contribution >= 4 is 67.0 Å². The van der Waals surface area contributed by atoms with Crippen LogP contribution in [-0.2, 0) is 6.42 Å². The molecule has 132 valence electrons. The summed E-state index contributed by atoms with van der Waals surface area (Å²) in [6.45, 7) is 0.631. The van der Waals surface area contributed by atoms with Crippen LogP contribution in [0.25, 0.3) is 10.2 Å². The lowest BCUT2D eigenvalue weighted by Crippen LogP contribution is -2.32. The van der Waals surface area contributed by atoms with Crippen LogP contribution in [0.5, 0.6) is 0 Å². The van der Waals surface area contributed by atoms with Gasteiger partial charge in [-0.3, -0.25) is 9.69 Å². The third kappa shape index (κ3) is 3.57. The van der Waals surface area contributed by atoms with Crippen molar-refractivity contribution < 1.29 is 4.79 Å². The number of thioether (sulfide) groups is 1. The van der Waals surface area contributed by atoms with Crippen LogP contribution < -0.4 is 4.90 Å². The van der Waals surface area contributed by atoms with Gasteiger partial charge < -0.3 is 0 Å². The molecule has 3 nitrogen and oxygen atoms in total. The number of fused-ring (bicyclic) bond motifs is 1. The van der Waals surface area contributed by atoms with Gasteiger partial charge in [0.25, 0.3) is 5.91 Å². The van der Waals surface area contributed by atoms with E-state index in [9.17, 15) is 4.79 Å². The van der Waals surface area contributed by atoms with Gasteiger partial charge in [0.05, 0.1) is 15.1 Å². The summed E-state index contributed by atoms with van der Waals surface area (Å²) in [5.74, 6) is 0.0290. The fourth-order valence-electron chi connectivity index (χ4n) is 2.69. The summed E-state index contributed by atoms with van der Waals surface area (Å²) >= 11 is 6.47. The van der Waals surface area contributed by atoms with Gasteiger partial charge in [0, 0.05) is 16.3 Å². The van der Waals surface area contributed by atoms with E-state index in [4.69, 9.17) is 4.98 Å². The highest BCUT2D eigenvalue weighted by Crippen LogP contribution is 2.35. The number of nitrogens with zero attached hydrogens (tertiary/aromatic N) is 2. The second-order valence-electron chi connectivity index (χ2n) is 5.57. The predicted octanol–water partition coefficient (Wildman–Crippen LogP) is 6.03. The van der Waals surface area contributed by atoms with Crippen molar-refractivity contribution in [2.75, 3.05) is 17.7 Å². The summed E-state index contributed by atoms with van der Waals surface area (Å²) in [7, 11) is 0. The van der Waals surface area contributed by atoms with Gasteiger partial charge in [-0.2, -0.15) is 0 Å². The quantitative estimate of drug-likeness (QED) is 0.360. The van der Waals surface area contributed by atoms with Crippen LogP contribution in [0.3, 0.4) is 0 Å². The Morgan fingerprint density at radius 1 is 1.12 bits per heavy atom. The van der Waals surface area contributed by atoms with E-state index in [0.29, 0.717) is 6.54 Å². The van der Waals surface area contributed by atoms with E-state index in [1.165, 1.54) is 16.2 Å². The summed E-state index contributed by atoms with van der Waals surface area (Å²) in [4.78, 5) is 22.9. The number of benzene rings is 1. The number of aromatic nitrogens is 1. The maximum Gasteiger partial charge on any atom is 0.270 e. The zero-order valence-electron chi connectivity index (χ0n) is 14.0. The van der Waals surface area contributed by atoms with Gasteiger partial charge in [-0.1, -0.05) is 29.5 Å². The highest BCUT2D eigenvalue weighted by molar-refractivity contribution is 7.98. The number of hydrogen-bond acceptors (Lipinski definition) is 6. The molecule has 4 aromatic rings. The van der Waals surface area contributed by atoms with Crippen LogP contribution in [0.4, 0.5) is 5.13 Å².